The number of nitrogens with one attached hydrogen (secondary N) is 1. The van der Waals surface area contributed by atoms with Crippen LogP contribution in [0, 0.1) is 0 Å². The van der Waals surface area contributed by atoms with Crippen molar-refractivity contribution in [2.24, 2.45) is 0 Å². The molecule has 7 nitrogen and oxygen atoms in total. The molecule has 0 aliphatic heterocycles. The molecule has 1 amide bonds. The van der Waals surface area contributed by atoms with Crippen LogP contribution in [0.5, 0.6) is 0 Å². The summed E-state index contributed by atoms with van der Waals surface area (Å²) >= 11 is 1.22. The van der Waals surface area contributed by atoms with Gasteiger partial charge in [-0.1, -0.05) is 54.2 Å². The zero-order valence-electron chi connectivity index (χ0n) is 16.6. The zero-order chi connectivity index (χ0) is 21.5. The van der Waals surface area contributed by atoms with Crippen molar-refractivity contribution in [1.82, 2.24) is 9.55 Å². The van der Waals surface area contributed by atoms with E-state index in [9.17, 15) is 14.4 Å². The number of amides is 1. The molecule has 154 valence electrons. The Morgan fingerprint density at radius 2 is 1.73 bits per heavy atom. The van der Waals surface area contributed by atoms with Crippen LogP contribution in [0.1, 0.15) is 17.3 Å². The minimum atomic E-state index is -0.545. The standard InChI is InChI=1S/C22H21N3O4S/c1-3-29-19(26)14-25-21(28)18(13-23-22(25)30-2)24-20(27)17-11-9-16(10-12-17)15-7-5-4-6-8-15/h4-13H,3,14H2,1-2H3,(H,24,27). The van der Waals surface area contributed by atoms with Crippen molar-refractivity contribution >= 4 is 29.3 Å². The molecule has 0 saturated carbocycles. The van der Waals surface area contributed by atoms with Gasteiger partial charge in [-0.2, -0.15) is 0 Å². The van der Waals surface area contributed by atoms with Crippen molar-refractivity contribution in [2.45, 2.75) is 18.6 Å². The van der Waals surface area contributed by atoms with Gasteiger partial charge in [0.15, 0.2) is 5.16 Å². The average molecular weight is 423 g/mol. The van der Waals surface area contributed by atoms with Gasteiger partial charge in [0.25, 0.3) is 11.5 Å². The van der Waals surface area contributed by atoms with Crippen molar-refractivity contribution in [3.8, 4) is 11.1 Å². The van der Waals surface area contributed by atoms with Gasteiger partial charge >= 0.3 is 5.97 Å². The summed E-state index contributed by atoms with van der Waals surface area (Å²) in [5.74, 6) is -0.982. The van der Waals surface area contributed by atoms with E-state index in [1.165, 1.54) is 22.5 Å². The molecule has 0 aliphatic carbocycles. The van der Waals surface area contributed by atoms with Crippen molar-refractivity contribution in [3.63, 3.8) is 0 Å². The summed E-state index contributed by atoms with van der Waals surface area (Å²) in [6.07, 6.45) is 3.04. The van der Waals surface area contributed by atoms with E-state index in [2.05, 4.69) is 10.3 Å². The second-order valence-electron chi connectivity index (χ2n) is 6.25. The molecule has 8 heteroatoms. The first kappa shape index (κ1) is 21.3. The van der Waals surface area contributed by atoms with Crippen molar-refractivity contribution in [1.29, 1.82) is 0 Å². The van der Waals surface area contributed by atoms with E-state index in [-0.39, 0.29) is 18.8 Å². The molecular formula is C22H21N3O4S. The number of esters is 1. The lowest BCUT2D eigenvalue weighted by molar-refractivity contribution is -0.144. The zero-order valence-corrected chi connectivity index (χ0v) is 17.4. The SMILES string of the molecule is CCOC(=O)Cn1c(SC)ncc(NC(=O)c2ccc(-c3ccccc3)cc2)c1=O. The monoisotopic (exact) mass is 423 g/mol. The Hall–Kier alpha value is -3.39. The van der Waals surface area contributed by atoms with E-state index in [4.69, 9.17) is 4.74 Å². The van der Waals surface area contributed by atoms with Gasteiger partial charge in [0, 0.05) is 5.56 Å². The lowest BCUT2D eigenvalue weighted by Gasteiger charge is -2.12. The quantitative estimate of drug-likeness (QED) is 0.356. The third-order valence-corrected chi connectivity index (χ3v) is 4.98. The number of nitrogens with zero attached hydrogens (tertiary/aromatic N) is 2. The van der Waals surface area contributed by atoms with Crippen LogP contribution in [0.25, 0.3) is 11.1 Å². The molecule has 0 bridgehead atoms. The highest BCUT2D eigenvalue weighted by Crippen LogP contribution is 2.19. The number of thioether (sulfide) groups is 1. The van der Waals surface area contributed by atoms with Crippen LogP contribution in [-0.4, -0.2) is 34.3 Å². The summed E-state index contributed by atoms with van der Waals surface area (Å²) in [5, 5.41) is 2.95. The summed E-state index contributed by atoms with van der Waals surface area (Å²) in [4.78, 5) is 41.4. The summed E-state index contributed by atoms with van der Waals surface area (Å²) in [5.41, 5.74) is 1.91. The third kappa shape index (κ3) is 4.96. The fourth-order valence-corrected chi connectivity index (χ4v) is 3.37. The molecule has 0 saturated heterocycles. The maximum absolute atomic E-state index is 12.8. The van der Waals surface area contributed by atoms with E-state index >= 15 is 0 Å². The van der Waals surface area contributed by atoms with Crippen LogP contribution in [0.2, 0.25) is 0 Å². The van der Waals surface area contributed by atoms with Crippen LogP contribution < -0.4 is 10.9 Å². The molecule has 0 aliphatic rings. The molecule has 0 radical (unpaired) electrons. The van der Waals surface area contributed by atoms with Crippen LogP contribution in [-0.2, 0) is 16.1 Å². The van der Waals surface area contributed by atoms with E-state index in [0.29, 0.717) is 10.7 Å². The van der Waals surface area contributed by atoms with E-state index in [0.717, 1.165) is 11.1 Å². The molecule has 3 rings (SSSR count). The highest BCUT2D eigenvalue weighted by molar-refractivity contribution is 7.98. The first-order chi connectivity index (χ1) is 14.5. The van der Waals surface area contributed by atoms with Gasteiger partial charge in [0.1, 0.15) is 12.2 Å². The number of anilines is 1. The van der Waals surface area contributed by atoms with Gasteiger partial charge < -0.3 is 10.1 Å². The van der Waals surface area contributed by atoms with Crippen LogP contribution >= 0.6 is 11.8 Å². The fourth-order valence-electron chi connectivity index (χ4n) is 2.84. The predicted molar refractivity (Wildman–Crippen MR) is 117 cm³/mol. The second kappa shape index (κ2) is 9.89. The van der Waals surface area contributed by atoms with Gasteiger partial charge in [-0.3, -0.25) is 19.0 Å². The summed E-state index contributed by atoms with van der Waals surface area (Å²) < 4.78 is 6.11. The number of rotatable bonds is 7. The summed E-state index contributed by atoms with van der Waals surface area (Å²) in [7, 11) is 0. The first-order valence-corrected chi connectivity index (χ1v) is 10.5. The van der Waals surface area contributed by atoms with Crippen molar-refractivity contribution in [2.75, 3.05) is 18.2 Å². The largest absolute Gasteiger partial charge is 0.465 e. The first-order valence-electron chi connectivity index (χ1n) is 9.29. The highest BCUT2D eigenvalue weighted by atomic mass is 32.2. The maximum Gasteiger partial charge on any atom is 0.326 e. The van der Waals surface area contributed by atoms with E-state index < -0.39 is 17.4 Å². The van der Waals surface area contributed by atoms with Gasteiger partial charge in [0.05, 0.1) is 12.8 Å². The van der Waals surface area contributed by atoms with E-state index in [1.807, 2.05) is 42.5 Å². The van der Waals surface area contributed by atoms with Crippen molar-refractivity contribution < 1.29 is 14.3 Å². The maximum atomic E-state index is 12.8. The summed E-state index contributed by atoms with van der Waals surface area (Å²) in [6.45, 7) is 1.63. The third-order valence-electron chi connectivity index (χ3n) is 4.29. The normalized spacial score (nSPS) is 10.5. The molecule has 0 unspecified atom stereocenters. The molecule has 30 heavy (non-hydrogen) atoms. The number of ether oxygens (including phenoxy) is 1. The Balaban J connectivity index is 1.81. The van der Waals surface area contributed by atoms with Crippen LogP contribution in [0.4, 0.5) is 5.69 Å². The fraction of sp³-hybridized carbons (Fsp3) is 0.182. The molecule has 0 atom stereocenters. The predicted octanol–water partition coefficient (Wildman–Crippen LogP) is 3.45. The number of aromatic nitrogens is 2. The van der Waals surface area contributed by atoms with Gasteiger partial charge in [-0.05, 0) is 36.4 Å². The lowest BCUT2D eigenvalue weighted by Crippen LogP contribution is -2.30. The molecule has 0 fully saturated rings. The Morgan fingerprint density at radius 3 is 2.37 bits per heavy atom. The average Bonchev–Trinajstić information content (AvgIpc) is 2.77. The number of carbonyl (C=O) groups excluding carboxylic acids is 2. The number of hydrogen-bond acceptors (Lipinski definition) is 6. The van der Waals surface area contributed by atoms with Crippen molar-refractivity contribution in [3.05, 3.63) is 76.7 Å². The topological polar surface area (TPSA) is 90.3 Å². The number of benzene rings is 2. The Labute approximate surface area is 178 Å². The van der Waals surface area contributed by atoms with Gasteiger partial charge in [0.2, 0.25) is 0 Å². The summed E-state index contributed by atoms with van der Waals surface area (Å²) in [6, 6.07) is 16.9. The molecule has 1 N–H and O–H groups in total. The highest BCUT2D eigenvalue weighted by Gasteiger charge is 2.16. The van der Waals surface area contributed by atoms with Gasteiger partial charge in [-0.15, -0.1) is 0 Å². The molecule has 1 heterocycles. The smallest absolute Gasteiger partial charge is 0.326 e. The Morgan fingerprint density at radius 1 is 1.07 bits per heavy atom. The number of hydrogen-bond donors (Lipinski definition) is 1. The molecule has 1 aromatic heterocycles. The second-order valence-corrected chi connectivity index (χ2v) is 7.03. The lowest BCUT2D eigenvalue weighted by atomic mass is 10.0. The Bertz CT molecular complexity index is 1100. The molecule has 3 aromatic rings. The minimum Gasteiger partial charge on any atom is -0.465 e. The minimum absolute atomic E-state index is 0.00534. The number of carbonyl (C=O) groups is 2. The molecule has 2 aromatic carbocycles. The van der Waals surface area contributed by atoms with E-state index in [1.54, 1.807) is 25.3 Å². The van der Waals surface area contributed by atoms with Gasteiger partial charge in [-0.25, -0.2) is 4.98 Å². The molecule has 0 spiro atoms. The van der Waals surface area contributed by atoms with Crippen LogP contribution in [0.3, 0.4) is 0 Å². The molecular weight excluding hydrogens is 402 g/mol. The Kier molecular flexibility index (Phi) is 7.03. The van der Waals surface area contributed by atoms with Crippen LogP contribution in [0.15, 0.2) is 70.7 Å².